The number of amides is 1. The molecule has 10 heteroatoms. The highest BCUT2D eigenvalue weighted by molar-refractivity contribution is 7.10. The average Bonchev–Trinajstić information content (AvgIpc) is 3.40. The van der Waals surface area contributed by atoms with E-state index in [4.69, 9.17) is 11.6 Å². The van der Waals surface area contributed by atoms with E-state index in [0.29, 0.717) is 30.0 Å². The van der Waals surface area contributed by atoms with Gasteiger partial charge in [0.25, 0.3) is 11.6 Å². The molecule has 1 aliphatic heterocycles. The van der Waals surface area contributed by atoms with Gasteiger partial charge in [-0.15, -0.1) is 11.3 Å². The first-order chi connectivity index (χ1) is 13.5. The summed E-state index contributed by atoms with van der Waals surface area (Å²) in [6, 6.07) is 4.71. The second kappa shape index (κ2) is 7.69. The number of aromatic nitrogens is 3. The van der Waals surface area contributed by atoms with Crippen molar-refractivity contribution in [3.8, 4) is 11.3 Å². The highest BCUT2D eigenvalue weighted by Gasteiger charge is 2.27. The van der Waals surface area contributed by atoms with E-state index in [2.05, 4.69) is 15.0 Å². The van der Waals surface area contributed by atoms with E-state index < -0.39 is 4.92 Å². The molecule has 1 saturated heterocycles. The minimum Gasteiger partial charge on any atom is -0.341 e. The minimum absolute atomic E-state index is 0.0377. The van der Waals surface area contributed by atoms with Crippen LogP contribution in [-0.4, -0.2) is 43.8 Å². The molecule has 1 N–H and O–H groups in total. The number of thiazole rings is 1. The predicted octanol–water partition coefficient (Wildman–Crippen LogP) is 4.11. The number of nitro groups is 1. The van der Waals surface area contributed by atoms with Gasteiger partial charge >= 0.3 is 0 Å². The summed E-state index contributed by atoms with van der Waals surface area (Å²) in [7, 11) is 0. The number of nitro benzene ring substituents is 1. The van der Waals surface area contributed by atoms with Crippen LogP contribution in [0.4, 0.5) is 5.69 Å². The number of piperidine rings is 1. The maximum Gasteiger partial charge on any atom is 0.288 e. The maximum absolute atomic E-state index is 12.4. The number of hydrogen-bond donors (Lipinski definition) is 1. The van der Waals surface area contributed by atoms with Gasteiger partial charge in [-0.25, -0.2) is 9.97 Å². The first kappa shape index (κ1) is 18.6. The Morgan fingerprint density at radius 2 is 2.14 bits per heavy atom. The zero-order valence-corrected chi connectivity index (χ0v) is 16.2. The van der Waals surface area contributed by atoms with Gasteiger partial charge in [0, 0.05) is 36.0 Å². The van der Waals surface area contributed by atoms with Crippen molar-refractivity contribution in [1.29, 1.82) is 0 Å². The number of halogens is 1. The monoisotopic (exact) mass is 417 g/mol. The van der Waals surface area contributed by atoms with Gasteiger partial charge in [0.1, 0.15) is 10.7 Å². The molecule has 3 heterocycles. The van der Waals surface area contributed by atoms with Gasteiger partial charge in [-0.05, 0) is 18.9 Å². The van der Waals surface area contributed by atoms with Crippen molar-refractivity contribution < 1.29 is 9.72 Å². The maximum atomic E-state index is 12.4. The molecule has 144 valence electrons. The number of imidazole rings is 1. The van der Waals surface area contributed by atoms with Gasteiger partial charge in [-0.2, -0.15) is 0 Å². The molecule has 1 amide bonds. The Kier molecular flexibility index (Phi) is 5.10. The lowest BCUT2D eigenvalue weighted by Gasteiger charge is -2.30. The SMILES string of the molecule is O=C(c1cnc[nH]1)N1CCC(c2nc(-c3ccc(Cl)c([N+](=O)[O-])c3)cs2)CC1. The summed E-state index contributed by atoms with van der Waals surface area (Å²) < 4.78 is 0. The summed E-state index contributed by atoms with van der Waals surface area (Å²) in [6.07, 6.45) is 4.69. The third kappa shape index (κ3) is 3.63. The van der Waals surface area contributed by atoms with Crippen LogP contribution in [0.2, 0.25) is 5.02 Å². The molecular formula is C18H16ClN5O3S. The van der Waals surface area contributed by atoms with Gasteiger partial charge in [0.15, 0.2) is 0 Å². The van der Waals surface area contributed by atoms with Crippen LogP contribution in [0.5, 0.6) is 0 Å². The third-order valence-electron chi connectivity index (χ3n) is 4.82. The molecule has 1 aliphatic rings. The number of nitrogens with one attached hydrogen (secondary N) is 1. The smallest absolute Gasteiger partial charge is 0.288 e. The molecule has 0 bridgehead atoms. The highest BCUT2D eigenvalue weighted by atomic mass is 35.5. The Morgan fingerprint density at radius 1 is 1.36 bits per heavy atom. The Balaban J connectivity index is 1.45. The molecular weight excluding hydrogens is 402 g/mol. The number of aromatic amines is 1. The molecule has 28 heavy (non-hydrogen) atoms. The Bertz CT molecular complexity index is 1010. The van der Waals surface area contributed by atoms with Crippen molar-refractivity contribution in [3.05, 3.63) is 61.9 Å². The molecule has 0 saturated carbocycles. The molecule has 8 nitrogen and oxygen atoms in total. The first-order valence-electron chi connectivity index (χ1n) is 8.70. The van der Waals surface area contributed by atoms with Crippen molar-refractivity contribution in [1.82, 2.24) is 19.9 Å². The standard InChI is InChI=1S/C18H16ClN5O3S/c19-13-2-1-12(7-16(13)24(26)27)15-9-28-17(22-15)11-3-5-23(6-4-11)18(25)14-8-20-10-21-14/h1-2,7-11H,3-6H2,(H,20,21). The number of benzene rings is 1. The van der Waals surface area contributed by atoms with Crippen LogP contribution in [0.3, 0.4) is 0 Å². The summed E-state index contributed by atoms with van der Waals surface area (Å²) in [5.74, 6) is 0.233. The predicted molar refractivity (Wildman–Crippen MR) is 106 cm³/mol. The summed E-state index contributed by atoms with van der Waals surface area (Å²) >= 11 is 7.43. The number of H-pyrrole nitrogens is 1. The molecule has 0 spiro atoms. The minimum atomic E-state index is -0.495. The number of rotatable bonds is 4. The van der Waals surface area contributed by atoms with Crippen molar-refractivity contribution in [2.24, 2.45) is 0 Å². The van der Waals surface area contributed by atoms with Crippen molar-refractivity contribution in [2.45, 2.75) is 18.8 Å². The average molecular weight is 418 g/mol. The second-order valence-corrected chi connectivity index (χ2v) is 7.82. The van der Waals surface area contributed by atoms with Crippen LogP contribution in [0.1, 0.15) is 34.3 Å². The number of hydrogen-bond acceptors (Lipinski definition) is 6. The molecule has 0 aliphatic carbocycles. The summed E-state index contributed by atoms with van der Waals surface area (Å²) in [6.45, 7) is 1.31. The first-order valence-corrected chi connectivity index (χ1v) is 9.96. The topological polar surface area (TPSA) is 105 Å². The van der Waals surface area contributed by atoms with Crippen LogP contribution in [-0.2, 0) is 0 Å². The van der Waals surface area contributed by atoms with Crippen molar-refractivity contribution in [3.63, 3.8) is 0 Å². The molecule has 4 rings (SSSR count). The van der Waals surface area contributed by atoms with E-state index in [1.54, 1.807) is 17.4 Å². The van der Waals surface area contributed by atoms with Gasteiger partial charge in [-0.1, -0.05) is 17.7 Å². The Hall–Kier alpha value is -2.78. The van der Waals surface area contributed by atoms with Crippen LogP contribution in [0.25, 0.3) is 11.3 Å². The quantitative estimate of drug-likeness (QED) is 0.507. The normalized spacial score (nSPS) is 15.0. The fraction of sp³-hybridized carbons (Fsp3) is 0.278. The van der Waals surface area contributed by atoms with Crippen LogP contribution in [0, 0.1) is 10.1 Å². The van der Waals surface area contributed by atoms with Gasteiger partial charge in [0.2, 0.25) is 0 Å². The van der Waals surface area contributed by atoms with Gasteiger partial charge in [-0.3, -0.25) is 14.9 Å². The highest BCUT2D eigenvalue weighted by Crippen LogP contribution is 2.35. The second-order valence-electron chi connectivity index (χ2n) is 6.53. The Morgan fingerprint density at radius 3 is 2.82 bits per heavy atom. The lowest BCUT2D eigenvalue weighted by molar-refractivity contribution is -0.384. The number of nitrogens with zero attached hydrogens (tertiary/aromatic N) is 4. The van der Waals surface area contributed by atoms with Crippen LogP contribution < -0.4 is 0 Å². The molecule has 0 radical (unpaired) electrons. The largest absolute Gasteiger partial charge is 0.341 e. The van der Waals surface area contributed by atoms with Crippen molar-refractivity contribution in [2.75, 3.05) is 13.1 Å². The lowest BCUT2D eigenvalue weighted by atomic mass is 9.97. The van der Waals surface area contributed by atoms with E-state index in [9.17, 15) is 14.9 Å². The van der Waals surface area contributed by atoms with E-state index in [1.807, 2.05) is 10.3 Å². The number of likely N-dealkylation sites (tertiary alicyclic amines) is 1. The summed E-state index contributed by atoms with van der Waals surface area (Å²) in [5, 5.41) is 14.1. The van der Waals surface area contributed by atoms with E-state index >= 15 is 0 Å². The van der Waals surface area contributed by atoms with Crippen LogP contribution >= 0.6 is 22.9 Å². The molecule has 0 unspecified atom stereocenters. The zero-order valence-electron chi connectivity index (χ0n) is 14.7. The zero-order chi connectivity index (χ0) is 19.7. The molecule has 3 aromatic rings. The number of carbonyl (C=O) groups is 1. The van der Waals surface area contributed by atoms with Gasteiger partial charge < -0.3 is 9.88 Å². The third-order valence-corrected chi connectivity index (χ3v) is 6.15. The Labute approximate surface area is 169 Å². The van der Waals surface area contributed by atoms with Gasteiger partial charge in [0.05, 0.1) is 28.1 Å². The summed E-state index contributed by atoms with van der Waals surface area (Å²) in [4.78, 5) is 36.2. The number of carbonyl (C=O) groups excluding carboxylic acids is 1. The fourth-order valence-electron chi connectivity index (χ4n) is 3.29. The summed E-state index contributed by atoms with van der Waals surface area (Å²) in [5.41, 5.74) is 1.75. The molecule has 2 aromatic heterocycles. The van der Waals surface area contributed by atoms with Crippen LogP contribution in [0.15, 0.2) is 36.1 Å². The molecule has 0 atom stereocenters. The van der Waals surface area contributed by atoms with E-state index in [1.165, 1.54) is 24.7 Å². The van der Waals surface area contributed by atoms with E-state index in [-0.39, 0.29) is 22.5 Å². The van der Waals surface area contributed by atoms with E-state index in [0.717, 1.165) is 17.8 Å². The molecule has 1 fully saturated rings. The lowest BCUT2D eigenvalue weighted by Crippen LogP contribution is -2.38. The molecule has 1 aromatic carbocycles. The fourth-order valence-corrected chi connectivity index (χ4v) is 4.48. The van der Waals surface area contributed by atoms with Crippen molar-refractivity contribution >= 4 is 34.5 Å².